The second kappa shape index (κ2) is 4.00. The van der Waals surface area contributed by atoms with E-state index in [0.29, 0.717) is 5.84 Å². The van der Waals surface area contributed by atoms with Gasteiger partial charge in [0.15, 0.2) is 6.30 Å². The van der Waals surface area contributed by atoms with Crippen molar-refractivity contribution in [3.63, 3.8) is 0 Å². The van der Waals surface area contributed by atoms with Crippen molar-refractivity contribution >= 4 is 12.2 Å². The summed E-state index contributed by atoms with van der Waals surface area (Å²) in [6, 6.07) is 0. The zero-order chi connectivity index (χ0) is 7.28. The molecular formula is C5H10FN3. The molecule has 0 saturated heterocycles. The molecule has 0 amide bonds. The summed E-state index contributed by atoms with van der Waals surface area (Å²) in [6.45, 7) is 2.92. The zero-order valence-electron chi connectivity index (χ0n) is 5.50. The van der Waals surface area contributed by atoms with Crippen molar-refractivity contribution in [1.29, 1.82) is 0 Å². The van der Waals surface area contributed by atoms with Gasteiger partial charge in [0, 0.05) is 0 Å². The van der Waals surface area contributed by atoms with Gasteiger partial charge in [0.25, 0.3) is 0 Å². The van der Waals surface area contributed by atoms with Gasteiger partial charge < -0.3 is 5.73 Å². The summed E-state index contributed by atoms with van der Waals surface area (Å²) in [7, 11) is 0. The number of aliphatic imine (C=N–C) groups is 2. The Labute approximate surface area is 53.5 Å². The van der Waals surface area contributed by atoms with Gasteiger partial charge >= 0.3 is 0 Å². The molecule has 0 spiro atoms. The van der Waals surface area contributed by atoms with Gasteiger partial charge in [0.2, 0.25) is 0 Å². The summed E-state index contributed by atoms with van der Waals surface area (Å²) in [5.41, 5.74) is 5.11. The molecule has 0 aliphatic heterocycles. The van der Waals surface area contributed by atoms with E-state index in [1.165, 1.54) is 6.92 Å². The minimum Gasteiger partial charge on any atom is -0.387 e. The average molecular weight is 131 g/mol. The molecule has 0 aliphatic rings. The Kier molecular flexibility index (Phi) is 3.59. The monoisotopic (exact) mass is 131 g/mol. The maximum Gasteiger partial charge on any atom is 0.188 e. The molecule has 0 aliphatic carbocycles. The number of nitrogens with zero attached hydrogens (tertiary/aromatic N) is 2. The number of rotatable bonds is 2. The molecule has 0 rings (SSSR count). The fourth-order valence-corrected chi connectivity index (χ4v) is 0.216. The maximum atomic E-state index is 11.8. The highest BCUT2D eigenvalue weighted by Crippen LogP contribution is 1.86. The van der Waals surface area contributed by atoms with Crippen LogP contribution >= 0.6 is 0 Å². The van der Waals surface area contributed by atoms with Gasteiger partial charge in [-0.1, -0.05) is 0 Å². The minimum absolute atomic E-state index is 0.374. The van der Waals surface area contributed by atoms with Crippen LogP contribution in [0.15, 0.2) is 9.98 Å². The summed E-state index contributed by atoms with van der Waals surface area (Å²) in [4.78, 5) is 6.83. The molecule has 2 N–H and O–H groups in total. The molecule has 0 aromatic rings. The summed E-state index contributed by atoms with van der Waals surface area (Å²) in [5.74, 6) is 0.374. The third-order valence-electron chi connectivity index (χ3n) is 0.533. The standard InChI is InChI=1S/C5H10FN3/c1-4(6)8-3-9-5(2)7/h3-4H,1-2H3,(H2,7,8,9). The Bertz CT molecular complexity index is 124. The van der Waals surface area contributed by atoms with Crippen molar-refractivity contribution in [2.75, 3.05) is 0 Å². The molecule has 0 saturated carbocycles. The van der Waals surface area contributed by atoms with Gasteiger partial charge in [-0.15, -0.1) is 0 Å². The molecule has 0 radical (unpaired) electrons. The molecule has 0 heterocycles. The average Bonchev–Trinajstić information content (AvgIpc) is 1.63. The van der Waals surface area contributed by atoms with Crippen molar-refractivity contribution in [3.05, 3.63) is 0 Å². The van der Waals surface area contributed by atoms with Crippen LogP contribution in [-0.4, -0.2) is 18.5 Å². The Hall–Kier alpha value is -0.930. The smallest absolute Gasteiger partial charge is 0.188 e. The van der Waals surface area contributed by atoms with E-state index in [2.05, 4.69) is 9.98 Å². The second-order valence-corrected chi connectivity index (χ2v) is 1.61. The molecule has 0 aromatic carbocycles. The van der Waals surface area contributed by atoms with E-state index in [4.69, 9.17) is 5.73 Å². The lowest BCUT2D eigenvalue weighted by Gasteiger charge is -1.86. The first-order chi connectivity index (χ1) is 4.13. The molecule has 0 aromatic heterocycles. The fraction of sp³-hybridized carbons (Fsp3) is 0.600. The van der Waals surface area contributed by atoms with Gasteiger partial charge in [-0.05, 0) is 13.8 Å². The second-order valence-electron chi connectivity index (χ2n) is 1.61. The van der Waals surface area contributed by atoms with E-state index in [1.54, 1.807) is 6.92 Å². The van der Waals surface area contributed by atoms with Gasteiger partial charge in [0.1, 0.15) is 6.34 Å². The third kappa shape index (κ3) is 7.07. The van der Waals surface area contributed by atoms with Crippen molar-refractivity contribution in [2.45, 2.75) is 20.1 Å². The zero-order valence-corrected chi connectivity index (χ0v) is 5.50. The summed E-state index contributed by atoms with van der Waals surface area (Å²) in [6.07, 6.45) is -0.0897. The highest BCUT2D eigenvalue weighted by Gasteiger charge is 1.85. The van der Waals surface area contributed by atoms with Crippen LogP contribution in [0, 0.1) is 0 Å². The van der Waals surface area contributed by atoms with Gasteiger partial charge in [-0.2, -0.15) is 0 Å². The van der Waals surface area contributed by atoms with Crippen LogP contribution in [0.3, 0.4) is 0 Å². The van der Waals surface area contributed by atoms with E-state index in [1.807, 2.05) is 0 Å². The number of alkyl halides is 1. The minimum atomic E-state index is -1.20. The quantitative estimate of drug-likeness (QED) is 0.335. The van der Waals surface area contributed by atoms with Crippen LogP contribution in [0.2, 0.25) is 0 Å². The fourth-order valence-electron chi connectivity index (χ4n) is 0.216. The van der Waals surface area contributed by atoms with Gasteiger partial charge in [-0.25, -0.2) is 14.4 Å². The van der Waals surface area contributed by atoms with E-state index in [0.717, 1.165) is 6.34 Å². The van der Waals surface area contributed by atoms with Crippen molar-refractivity contribution in [2.24, 2.45) is 15.7 Å². The Balaban J connectivity index is 3.60. The van der Waals surface area contributed by atoms with Crippen molar-refractivity contribution in [1.82, 2.24) is 0 Å². The highest BCUT2D eigenvalue weighted by atomic mass is 19.1. The van der Waals surface area contributed by atoms with Crippen LogP contribution in [0.1, 0.15) is 13.8 Å². The van der Waals surface area contributed by atoms with Crippen LogP contribution in [0.25, 0.3) is 0 Å². The molecule has 0 bridgehead atoms. The van der Waals surface area contributed by atoms with E-state index >= 15 is 0 Å². The largest absolute Gasteiger partial charge is 0.387 e. The molecule has 1 unspecified atom stereocenters. The Morgan fingerprint density at radius 1 is 1.78 bits per heavy atom. The van der Waals surface area contributed by atoms with Crippen LogP contribution < -0.4 is 5.73 Å². The lowest BCUT2D eigenvalue weighted by atomic mass is 10.7. The molecule has 0 fully saturated rings. The SMILES string of the molecule is CC(N)=NC=NC(C)F. The molecule has 4 heteroatoms. The Morgan fingerprint density at radius 3 is 2.67 bits per heavy atom. The Morgan fingerprint density at radius 2 is 2.33 bits per heavy atom. The number of nitrogens with two attached hydrogens (primary N) is 1. The topological polar surface area (TPSA) is 50.7 Å². The predicted molar refractivity (Wildman–Crippen MR) is 36.4 cm³/mol. The van der Waals surface area contributed by atoms with Gasteiger partial charge in [0.05, 0.1) is 5.84 Å². The number of hydrogen-bond donors (Lipinski definition) is 1. The number of hydrogen-bond acceptors (Lipinski definition) is 1. The summed E-state index contributed by atoms with van der Waals surface area (Å²) >= 11 is 0. The maximum absolute atomic E-state index is 11.8. The molecule has 9 heavy (non-hydrogen) atoms. The first kappa shape index (κ1) is 8.07. The van der Waals surface area contributed by atoms with Crippen LogP contribution in [-0.2, 0) is 0 Å². The van der Waals surface area contributed by atoms with Crippen molar-refractivity contribution in [3.8, 4) is 0 Å². The van der Waals surface area contributed by atoms with Crippen molar-refractivity contribution < 1.29 is 4.39 Å². The van der Waals surface area contributed by atoms with E-state index < -0.39 is 6.30 Å². The van der Waals surface area contributed by atoms with Gasteiger partial charge in [-0.3, -0.25) is 0 Å². The van der Waals surface area contributed by atoms with E-state index in [9.17, 15) is 4.39 Å². The summed E-state index contributed by atoms with van der Waals surface area (Å²) < 4.78 is 11.8. The highest BCUT2D eigenvalue weighted by molar-refractivity contribution is 5.85. The third-order valence-corrected chi connectivity index (χ3v) is 0.533. The molecule has 52 valence electrons. The predicted octanol–water partition coefficient (Wildman–Crippen LogP) is 0.707. The first-order valence-electron chi connectivity index (χ1n) is 2.58. The molecular weight excluding hydrogens is 121 g/mol. The lowest BCUT2D eigenvalue weighted by molar-refractivity contribution is 0.377. The summed E-state index contributed by atoms with van der Waals surface area (Å²) in [5, 5.41) is 0. The first-order valence-corrected chi connectivity index (χ1v) is 2.58. The molecule has 1 atom stereocenters. The number of amidine groups is 1. The lowest BCUT2D eigenvalue weighted by Crippen LogP contribution is -2.04. The number of halogens is 1. The van der Waals surface area contributed by atoms with Crippen LogP contribution in [0.4, 0.5) is 4.39 Å². The van der Waals surface area contributed by atoms with Crippen LogP contribution in [0.5, 0.6) is 0 Å². The molecule has 3 nitrogen and oxygen atoms in total. The van der Waals surface area contributed by atoms with E-state index in [-0.39, 0.29) is 0 Å². The normalized spacial score (nSPS) is 16.6.